The minimum atomic E-state index is 0.564. The Bertz CT molecular complexity index is 432. The molecule has 1 aromatic rings. The van der Waals surface area contributed by atoms with Crippen LogP contribution in [0.15, 0.2) is 18.5 Å². The monoisotopic (exact) mass is 305 g/mol. The molecule has 0 bridgehead atoms. The molecule has 1 saturated heterocycles. The number of likely N-dealkylation sites (N-methyl/N-ethyl adjacent to an activating group) is 1. The topological polar surface area (TPSA) is 36.3 Å². The zero-order chi connectivity index (χ0) is 15.4. The SMILES string of the molecule is C[C@@H](CCn1cccn1)NCC1(CN2CCN(C)CC2)CC1. The van der Waals surface area contributed by atoms with Crippen molar-refractivity contribution in [1.82, 2.24) is 24.9 Å². The normalized spacial score (nSPS) is 23.5. The van der Waals surface area contributed by atoms with E-state index < -0.39 is 0 Å². The first-order chi connectivity index (χ1) is 10.7. The molecule has 0 radical (unpaired) electrons. The molecule has 2 aliphatic rings. The van der Waals surface area contributed by atoms with Gasteiger partial charge in [-0.15, -0.1) is 0 Å². The van der Waals surface area contributed by atoms with Crippen molar-refractivity contribution in [3.8, 4) is 0 Å². The van der Waals surface area contributed by atoms with Gasteiger partial charge in [-0.3, -0.25) is 4.68 Å². The number of hydrogen-bond acceptors (Lipinski definition) is 4. The van der Waals surface area contributed by atoms with Gasteiger partial charge in [0.05, 0.1) is 0 Å². The maximum Gasteiger partial charge on any atom is 0.0489 e. The third kappa shape index (κ3) is 4.54. The highest BCUT2D eigenvalue weighted by atomic mass is 15.3. The highest BCUT2D eigenvalue weighted by Gasteiger charge is 2.43. The zero-order valence-electron chi connectivity index (χ0n) is 14.2. The van der Waals surface area contributed by atoms with Crippen molar-refractivity contribution in [1.29, 1.82) is 0 Å². The van der Waals surface area contributed by atoms with Gasteiger partial charge in [-0.2, -0.15) is 5.10 Å². The van der Waals surface area contributed by atoms with Crippen LogP contribution in [-0.2, 0) is 6.54 Å². The molecule has 2 fully saturated rings. The molecular formula is C17H31N5. The van der Waals surface area contributed by atoms with E-state index in [9.17, 15) is 0 Å². The molecule has 5 heteroatoms. The molecule has 0 aromatic carbocycles. The largest absolute Gasteiger partial charge is 0.314 e. The lowest BCUT2D eigenvalue weighted by molar-refractivity contribution is 0.128. The summed E-state index contributed by atoms with van der Waals surface area (Å²) in [5, 5.41) is 8.04. The second-order valence-electron chi connectivity index (χ2n) is 7.42. The van der Waals surface area contributed by atoms with E-state index in [0.717, 1.165) is 13.0 Å². The smallest absolute Gasteiger partial charge is 0.0489 e. The number of aromatic nitrogens is 2. The van der Waals surface area contributed by atoms with Crippen LogP contribution in [-0.4, -0.2) is 71.9 Å². The number of hydrogen-bond donors (Lipinski definition) is 1. The fourth-order valence-corrected chi connectivity index (χ4v) is 3.30. The van der Waals surface area contributed by atoms with Gasteiger partial charge in [0, 0.05) is 64.2 Å². The van der Waals surface area contributed by atoms with Gasteiger partial charge in [0.2, 0.25) is 0 Å². The maximum absolute atomic E-state index is 4.27. The third-order valence-corrected chi connectivity index (χ3v) is 5.29. The molecule has 1 aliphatic carbocycles. The molecule has 1 aliphatic heterocycles. The molecule has 1 atom stereocenters. The standard InChI is InChI=1S/C17H31N5/c1-16(4-9-22-8-3-7-19-22)18-14-17(5-6-17)15-21-12-10-20(2)11-13-21/h3,7-8,16,18H,4-6,9-15H2,1-2H3/t16-/m0/s1. The Hall–Kier alpha value is -0.910. The quantitative estimate of drug-likeness (QED) is 0.785. The minimum Gasteiger partial charge on any atom is -0.314 e. The van der Waals surface area contributed by atoms with E-state index in [1.807, 2.05) is 23.1 Å². The van der Waals surface area contributed by atoms with Crippen LogP contribution >= 0.6 is 0 Å². The van der Waals surface area contributed by atoms with Crippen LogP contribution in [0.3, 0.4) is 0 Å². The summed E-state index contributed by atoms with van der Waals surface area (Å²) in [6.45, 7) is 10.7. The first-order valence-corrected chi connectivity index (χ1v) is 8.77. The summed E-state index contributed by atoms with van der Waals surface area (Å²) in [7, 11) is 2.23. The van der Waals surface area contributed by atoms with E-state index in [-0.39, 0.29) is 0 Å². The summed E-state index contributed by atoms with van der Waals surface area (Å²) >= 11 is 0. The van der Waals surface area contributed by atoms with Crippen molar-refractivity contribution in [2.45, 2.75) is 38.8 Å². The van der Waals surface area contributed by atoms with E-state index in [1.165, 1.54) is 52.1 Å². The highest BCUT2D eigenvalue weighted by molar-refractivity contribution is 4.98. The van der Waals surface area contributed by atoms with Crippen LogP contribution in [0.25, 0.3) is 0 Å². The van der Waals surface area contributed by atoms with Gasteiger partial charge < -0.3 is 15.1 Å². The third-order valence-electron chi connectivity index (χ3n) is 5.29. The Morgan fingerprint density at radius 1 is 1.23 bits per heavy atom. The van der Waals surface area contributed by atoms with Gasteiger partial charge >= 0.3 is 0 Å². The molecule has 0 unspecified atom stereocenters. The van der Waals surface area contributed by atoms with Crippen LogP contribution in [0.2, 0.25) is 0 Å². The van der Waals surface area contributed by atoms with Crippen molar-refractivity contribution < 1.29 is 0 Å². The summed E-state index contributed by atoms with van der Waals surface area (Å²) < 4.78 is 2.02. The average molecular weight is 305 g/mol. The summed E-state index contributed by atoms with van der Waals surface area (Å²) in [5.41, 5.74) is 0.565. The highest BCUT2D eigenvalue weighted by Crippen LogP contribution is 2.45. The minimum absolute atomic E-state index is 0.564. The van der Waals surface area contributed by atoms with Gasteiger partial charge in [-0.05, 0) is 44.7 Å². The molecule has 124 valence electrons. The molecule has 1 N–H and O–H groups in total. The van der Waals surface area contributed by atoms with Gasteiger partial charge in [0.1, 0.15) is 0 Å². The second-order valence-corrected chi connectivity index (χ2v) is 7.42. The fourth-order valence-electron chi connectivity index (χ4n) is 3.30. The van der Waals surface area contributed by atoms with Crippen LogP contribution in [0.1, 0.15) is 26.2 Å². The van der Waals surface area contributed by atoms with Crippen molar-refractivity contribution in [2.24, 2.45) is 5.41 Å². The van der Waals surface area contributed by atoms with E-state index in [1.54, 1.807) is 0 Å². The van der Waals surface area contributed by atoms with E-state index in [2.05, 4.69) is 34.2 Å². The fraction of sp³-hybridized carbons (Fsp3) is 0.824. The molecular weight excluding hydrogens is 274 g/mol. The Morgan fingerprint density at radius 3 is 2.64 bits per heavy atom. The van der Waals surface area contributed by atoms with Crippen molar-refractivity contribution in [3.05, 3.63) is 18.5 Å². The molecule has 1 saturated carbocycles. The van der Waals surface area contributed by atoms with Crippen LogP contribution in [0.5, 0.6) is 0 Å². The molecule has 5 nitrogen and oxygen atoms in total. The molecule has 0 amide bonds. The van der Waals surface area contributed by atoms with Gasteiger partial charge in [0.25, 0.3) is 0 Å². The Balaban J connectivity index is 1.35. The molecule has 22 heavy (non-hydrogen) atoms. The lowest BCUT2D eigenvalue weighted by atomic mass is 10.0. The Kier molecular flexibility index (Phi) is 5.16. The number of aryl methyl sites for hydroxylation is 1. The van der Waals surface area contributed by atoms with Crippen molar-refractivity contribution >= 4 is 0 Å². The summed E-state index contributed by atoms with van der Waals surface area (Å²) in [6.07, 6.45) is 7.85. The number of piperazine rings is 1. The predicted molar refractivity (Wildman–Crippen MR) is 89.9 cm³/mol. The lowest BCUT2D eigenvalue weighted by Crippen LogP contribution is -2.48. The lowest BCUT2D eigenvalue weighted by Gasteiger charge is -2.35. The summed E-state index contributed by atoms with van der Waals surface area (Å²) in [5.74, 6) is 0. The second kappa shape index (κ2) is 7.11. The summed E-state index contributed by atoms with van der Waals surface area (Å²) in [6, 6.07) is 2.56. The zero-order valence-corrected chi connectivity index (χ0v) is 14.2. The first-order valence-electron chi connectivity index (χ1n) is 8.77. The van der Waals surface area contributed by atoms with Crippen molar-refractivity contribution in [2.75, 3.05) is 46.3 Å². The summed E-state index contributed by atoms with van der Waals surface area (Å²) in [4.78, 5) is 5.11. The van der Waals surface area contributed by atoms with Gasteiger partial charge in [-0.25, -0.2) is 0 Å². The maximum atomic E-state index is 4.27. The average Bonchev–Trinajstić information content (AvgIpc) is 3.08. The van der Waals surface area contributed by atoms with Gasteiger partial charge in [0.15, 0.2) is 0 Å². The van der Waals surface area contributed by atoms with E-state index in [4.69, 9.17) is 0 Å². The number of rotatable bonds is 8. The Labute approximate surface area is 134 Å². The predicted octanol–water partition coefficient (Wildman–Crippen LogP) is 1.28. The molecule has 1 aromatic heterocycles. The first kappa shape index (κ1) is 16.0. The van der Waals surface area contributed by atoms with Gasteiger partial charge in [-0.1, -0.05) is 0 Å². The van der Waals surface area contributed by atoms with E-state index >= 15 is 0 Å². The molecule has 3 rings (SSSR count). The van der Waals surface area contributed by atoms with Crippen molar-refractivity contribution in [3.63, 3.8) is 0 Å². The number of nitrogens with zero attached hydrogens (tertiary/aromatic N) is 4. The van der Waals surface area contributed by atoms with Crippen LogP contribution < -0.4 is 5.32 Å². The molecule has 2 heterocycles. The van der Waals surface area contributed by atoms with E-state index in [0.29, 0.717) is 11.5 Å². The molecule has 0 spiro atoms. The number of nitrogens with one attached hydrogen (secondary N) is 1. The van der Waals surface area contributed by atoms with Crippen LogP contribution in [0, 0.1) is 5.41 Å². The Morgan fingerprint density at radius 2 is 2.00 bits per heavy atom. The van der Waals surface area contributed by atoms with Crippen LogP contribution in [0.4, 0.5) is 0 Å².